The van der Waals surface area contributed by atoms with Gasteiger partial charge in [-0.3, -0.25) is 9.59 Å². The summed E-state index contributed by atoms with van der Waals surface area (Å²) in [6.45, 7) is 5.91. The van der Waals surface area contributed by atoms with E-state index in [-0.39, 0.29) is 11.8 Å². The predicted molar refractivity (Wildman–Crippen MR) is 122 cm³/mol. The molecule has 1 aromatic carbocycles. The van der Waals surface area contributed by atoms with Crippen molar-refractivity contribution in [3.63, 3.8) is 0 Å². The Kier molecular flexibility index (Phi) is 5.76. The lowest BCUT2D eigenvalue weighted by Crippen LogP contribution is -2.44. The third-order valence-corrected chi connectivity index (χ3v) is 7.87. The van der Waals surface area contributed by atoms with Crippen molar-refractivity contribution in [2.45, 2.75) is 26.8 Å². The molecular formula is C21H21N3O2S3. The molecule has 1 saturated heterocycles. The summed E-state index contributed by atoms with van der Waals surface area (Å²) in [5, 5.41) is 7.84. The highest BCUT2D eigenvalue weighted by Gasteiger charge is 2.36. The normalized spacial score (nSPS) is 16.2. The number of thioether (sulfide) groups is 1. The Hall–Kier alpha value is -2.16. The second-order valence-corrected chi connectivity index (χ2v) is 9.80. The molecule has 1 aliphatic rings. The van der Waals surface area contributed by atoms with Crippen molar-refractivity contribution < 1.29 is 9.59 Å². The van der Waals surface area contributed by atoms with Crippen molar-refractivity contribution in [2.75, 3.05) is 16.9 Å². The smallest absolute Gasteiger partial charge is 0.267 e. The number of amides is 2. The number of thiazole rings is 1. The largest absolute Gasteiger partial charge is 0.324 e. The van der Waals surface area contributed by atoms with Gasteiger partial charge < -0.3 is 10.2 Å². The fourth-order valence-corrected chi connectivity index (χ4v) is 6.03. The Morgan fingerprint density at radius 1 is 1.17 bits per heavy atom. The molecule has 2 aromatic heterocycles. The summed E-state index contributed by atoms with van der Waals surface area (Å²) < 4.78 is 0. The number of thiophene rings is 1. The van der Waals surface area contributed by atoms with Crippen LogP contribution in [0, 0.1) is 20.8 Å². The van der Waals surface area contributed by atoms with Crippen molar-refractivity contribution in [1.82, 2.24) is 9.88 Å². The first-order chi connectivity index (χ1) is 13.9. The third-order valence-electron chi connectivity index (χ3n) is 4.98. The van der Waals surface area contributed by atoms with Crippen molar-refractivity contribution in [3.05, 3.63) is 56.7 Å². The van der Waals surface area contributed by atoms with E-state index in [1.54, 1.807) is 28.0 Å². The fourth-order valence-electron chi connectivity index (χ4n) is 3.14. The molecule has 0 bridgehead atoms. The summed E-state index contributed by atoms with van der Waals surface area (Å²) in [7, 11) is 0. The van der Waals surface area contributed by atoms with E-state index in [0.717, 1.165) is 21.8 Å². The zero-order chi connectivity index (χ0) is 20.5. The van der Waals surface area contributed by atoms with E-state index in [1.165, 1.54) is 16.9 Å². The van der Waals surface area contributed by atoms with Gasteiger partial charge in [0.15, 0.2) is 0 Å². The maximum Gasteiger partial charge on any atom is 0.267 e. The minimum atomic E-state index is -0.486. The van der Waals surface area contributed by atoms with Crippen LogP contribution in [0.15, 0.2) is 35.0 Å². The SMILES string of the molecule is Cc1ccc(NC(=O)C2CSCN2C(=O)c2sc(-c3ccsc3)nc2C)cc1C. The van der Waals surface area contributed by atoms with Gasteiger partial charge in [0.05, 0.1) is 11.6 Å². The van der Waals surface area contributed by atoms with Crippen molar-refractivity contribution in [2.24, 2.45) is 0 Å². The number of aryl methyl sites for hydroxylation is 3. The van der Waals surface area contributed by atoms with Crippen LogP contribution in [0.25, 0.3) is 10.6 Å². The van der Waals surface area contributed by atoms with Crippen LogP contribution in [0.2, 0.25) is 0 Å². The predicted octanol–water partition coefficient (Wildman–Crippen LogP) is 4.95. The van der Waals surface area contributed by atoms with Gasteiger partial charge in [0.1, 0.15) is 15.9 Å². The summed E-state index contributed by atoms with van der Waals surface area (Å²) in [5.74, 6) is 0.839. The molecule has 4 rings (SSSR count). The van der Waals surface area contributed by atoms with Gasteiger partial charge in [0, 0.05) is 22.4 Å². The topological polar surface area (TPSA) is 62.3 Å². The van der Waals surface area contributed by atoms with Crippen LogP contribution in [0.1, 0.15) is 26.5 Å². The number of benzene rings is 1. The van der Waals surface area contributed by atoms with Crippen LogP contribution in [0.4, 0.5) is 5.69 Å². The standard InChI is InChI=1S/C21H21N3O2S3/c1-12-4-5-16(8-13(12)2)23-19(25)17-10-28-11-24(17)21(26)18-14(3)22-20(29-18)15-6-7-27-9-15/h4-9,17H,10-11H2,1-3H3,(H,23,25). The lowest BCUT2D eigenvalue weighted by molar-refractivity contribution is -0.119. The highest BCUT2D eigenvalue weighted by Crippen LogP contribution is 2.32. The van der Waals surface area contributed by atoms with Gasteiger partial charge in [0.2, 0.25) is 5.91 Å². The Morgan fingerprint density at radius 2 is 2.00 bits per heavy atom. The van der Waals surface area contributed by atoms with Crippen LogP contribution in [-0.2, 0) is 4.79 Å². The van der Waals surface area contributed by atoms with E-state index in [1.807, 2.05) is 55.8 Å². The lowest BCUT2D eigenvalue weighted by Gasteiger charge is -2.22. The number of carbonyl (C=O) groups is 2. The Bertz CT molecular complexity index is 1060. The van der Waals surface area contributed by atoms with Gasteiger partial charge in [-0.05, 0) is 55.5 Å². The number of hydrogen-bond acceptors (Lipinski definition) is 6. The van der Waals surface area contributed by atoms with Gasteiger partial charge in [-0.1, -0.05) is 6.07 Å². The number of nitrogens with zero attached hydrogens (tertiary/aromatic N) is 2. The van der Waals surface area contributed by atoms with Crippen molar-refractivity contribution in [3.8, 4) is 10.6 Å². The van der Waals surface area contributed by atoms with Crippen LogP contribution in [0.5, 0.6) is 0 Å². The van der Waals surface area contributed by atoms with Crippen molar-refractivity contribution in [1.29, 1.82) is 0 Å². The van der Waals surface area contributed by atoms with Crippen LogP contribution < -0.4 is 5.32 Å². The molecule has 3 heterocycles. The number of aromatic nitrogens is 1. The molecular weight excluding hydrogens is 422 g/mol. The molecule has 0 aliphatic carbocycles. The van der Waals surface area contributed by atoms with E-state index in [0.29, 0.717) is 22.2 Å². The van der Waals surface area contributed by atoms with E-state index >= 15 is 0 Å². The minimum absolute atomic E-state index is 0.119. The van der Waals surface area contributed by atoms with Crippen LogP contribution in [-0.4, -0.2) is 39.4 Å². The zero-order valence-corrected chi connectivity index (χ0v) is 18.8. The third kappa shape index (κ3) is 4.10. The number of rotatable bonds is 4. The molecule has 5 nitrogen and oxygen atoms in total. The number of anilines is 1. The molecule has 29 heavy (non-hydrogen) atoms. The second-order valence-electron chi connectivity index (χ2n) is 7.02. The molecule has 2 amide bonds. The maximum absolute atomic E-state index is 13.2. The molecule has 1 N–H and O–H groups in total. The fraction of sp³-hybridized carbons (Fsp3) is 0.286. The highest BCUT2D eigenvalue weighted by atomic mass is 32.2. The van der Waals surface area contributed by atoms with Gasteiger partial charge in [-0.25, -0.2) is 4.98 Å². The molecule has 3 aromatic rings. The molecule has 0 spiro atoms. The van der Waals surface area contributed by atoms with Gasteiger partial charge in [-0.2, -0.15) is 11.3 Å². The molecule has 1 unspecified atom stereocenters. The van der Waals surface area contributed by atoms with Gasteiger partial charge in [0.25, 0.3) is 5.91 Å². The van der Waals surface area contributed by atoms with E-state index < -0.39 is 6.04 Å². The summed E-state index contributed by atoms with van der Waals surface area (Å²) in [5.41, 5.74) is 4.81. The maximum atomic E-state index is 13.2. The Labute approximate surface area is 182 Å². The first-order valence-corrected chi connectivity index (χ1v) is 12.1. The first kappa shape index (κ1) is 20.1. The summed E-state index contributed by atoms with van der Waals surface area (Å²) >= 11 is 4.60. The second kappa shape index (κ2) is 8.30. The van der Waals surface area contributed by atoms with Gasteiger partial charge >= 0.3 is 0 Å². The summed E-state index contributed by atoms with van der Waals surface area (Å²) in [6, 6.07) is 7.36. The monoisotopic (exact) mass is 443 g/mol. The zero-order valence-electron chi connectivity index (χ0n) is 16.4. The summed E-state index contributed by atoms with van der Waals surface area (Å²) in [4.78, 5) is 33.0. The van der Waals surface area contributed by atoms with Crippen LogP contribution >= 0.6 is 34.4 Å². The first-order valence-electron chi connectivity index (χ1n) is 9.21. The van der Waals surface area contributed by atoms with E-state index in [9.17, 15) is 9.59 Å². The molecule has 0 saturated carbocycles. The molecule has 150 valence electrons. The molecule has 1 aliphatic heterocycles. The highest BCUT2D eigenvalue weighted by molar-refractivity contribution is 7.99. The van der Waals surface area contributed by atoms with E-state index in [2.05, 4.69) is 10.3 Å². The summed E-state index contributed by atoms with van der Waals surface area (Å²) in [6.07, 6.45) is 0. The molecule has 1 atom stereocenters. The Balaban J connectivity index is 1.52. The quantitative estimate of drug-likeness (QED) is 0.620. The van der Waals surface area contributed by atoms with Crippen molar-refractivity contribution >= 4 is 51.9 Å². The molecule has 0 radical (unpaired) electrons. The molecule has 1 fully saturated rings. The van der Waals surface area contributed by atoms with E-state index in [4.69, 9.17) is 0 Å². The van der Waals surface area contributed by atoms with Crippen LogP contribution in [0.3, 0.4) is 0 Å². The average molecular weight is 444 g/mol. The number of nitrogens with one attached hydrogen (secondary N) is 1. The lowest BCUT2D eigenvalue weighted by atomic mass is 10.1. The molecule has 8 heteroatoms. The average Bonchev–Trinajstić information content (AvgIpc) is 3.44. The van der Waals surface area contributed by atoms with Gasteiger partial charge in [-0.15, -0.1) is 23.1 Å². The minimum Gasteiger partial charge on any atom is -0.324 e. The number of hydrogen-bond donors (Lipinski definition) is 1. The number of carbonyl (C=O) groups excluding carboxylic acids is 2. The Morgan fingerprint density at radius 3 is 2.72 bits per heavy atom.